The Kier molecular flexibility index (Phi) is 9.61. The summed E-state index contributed by atoms with van der Waals surface area (Å²) in [6.07, 6.45) is 7.80. The van der Waals surface area contributed by atoms with Crippen molar-refractivity contribution in [1.29, 1.82) is 0 Å². The highest BCUT2D eigenvalue weighted by molar-refractivity contribution is 6.32. The smallest absolute Gasteiger partial charge is 0.248 e. The van der Waals surface area contributed by atoms with E-state index in [4.69, 9.17) is 16.6 Å². The Morgan fingerprint density at radius 1 is 1.15 bits per heavy atom. The summed E-state index contributed by atoms with van der Waals surface area (Å²) in [5.41, 5.74) is 3.61. The summed E-state index contributed by atoms with van der Waals surface area (Å²) in [6.45, 7) is 3.25. The highest BCUT2D eigenvalue weighted by Crippen LogP contribution is 2.30. The van der Waals surface area contributed by atoms with Crippen molar-refractivity contribution < 1.29 is 9.59 Å². The van der Waals surface area contributed by atoms with Crippen molar-refractivity contribution in [3.63, 3.8) is 0 Å². The molecule has 2 aromatic carbocycles. The number of nitrogens with one attached hydrogen (secondary N) is 2. The van der Waals surface area contributed by atoms with Gasteiger partial charge in [0.2, 0.25) is 18.3 Å². The van der Waals surface area contributed by atoms with Crippen LogP contribution in [0.25, 0.3) is 0 Å². The van der Waals surface area contributed by atoms with Crippen LogP contribution < -0.4 is 15.5 Å². The molecule has 2 aromatic heterocycles. The quantitative estimate of drug-likeness (QED) is 0.184. The molecule has 0 fully saturated rings. The number of hydrogen-bond acceptors (Lipinski definition) is 7. The van der Waals surface area contributed by atoms with Gasteiger partial charge in [-0.3, -0.25) is 19.2 Å². The Bertz CT molecular complexity index is 1490. The van der Waals surface area contributed by atoms with E-state index in [0.29, 0.717) is 42.3 Å². The van der Waals surface area contributed by atoms with E-state index in [0.717, 1.165) is 12.1 Å². The van der Waals surface area contributed by atoms with Gasteiger partial charge in [-0.2, -0.15) is 10.1 Å². The Morgan fingerprint density at radius 3 is 2.65 bits per heavy atom. The minimum Gasteiger partial charge on any atom is -0.322 e. The molecule has 206 valence electrons. The molecule has 4 aromatic rings. The number of carbonyl (C=O) groups is 2. The number of nitrogens with zero attached hydrogens (tertiary/aromatic N) is 6. The van der Waals surface area contributed by atoms with Gasteiger partial charge >= 0.3 is 0 Å². The first-order valence-electron chi connectivity index (χ1n) is 12.7. The molecular formula is C29H31ClN8O2. The third kappa shape index (κ3) is 7.52. The van der Waals surface area contributed by atoms with Crippen LogP contribution in [-0.4, -0.2) is 50.6 Å². The van der Waals surface area contributed by atoms with Crippen LogP contribution in [-0.2, 0) is 29.6 Å². The van der Waals surface area contributed by atoms with Crippen LogP contribution in [0.2, 0.25) is 5.15 Å². The molecule has 0 unspecified atom stereocenters. The number of carbonyl (C=O) groups excluding carboxylic acids is 2. The molecule has 0 radical (unpaired) electrons. The molecular weight excluding hydrogens is 528 g/mol. The average Bonchev–Trinajstić information content (AvgIpc) is 3.25. The number of anilines is 5. The third-order valence-electron chi connectivity index (χ3n) is 5.97. The number of rotatable bonds is 12. The van der Waals surface area contributed by atoms with E-state index < -0.39 is 0 Å². The van der Waals surface area contributed by atoms with E-state index in [1.807, 2.05) is 25.2 Å². The van der Waals surface area contributed by atoms with E-state index in [9.17, 15) is 9.59 Å². The molecule has 2 heterocycles. The summed E-state index contributed by atoms with van der Waals surface area (Å²) in [7, 11) is 3.80. The van der Waals surface area contributed by atoms with Gasteiger partial charge < -0.3 is 15.5 Å². The average molecular weight is 559 g/mol. The van der Waals surface area contributed by atoms with Crippen molar-refractivity contribution in [2.75, 3.05) is 29.1 Å². The summed E-state index contributed by atoms with van der Waals surface area (Å²) >= 11 is 6.22. The molecule has 2 N–H and O–H groups in total. The number of amides is 2. The first kappa shape index (κ1) is 28.5. The lowest BCUT2D eigenvalue weighted by atomic mass is 10.1. The fraction of sp³-hybridized carbons (Fsp3) is 0.207. The van der Waals surface area contributed by atoms with Crippen LogP contribution in [0, 0.1) is 0 Å². The van der Waals surface area contributed by atoms with Gasteiger partial charge in [-0.1, -0.05) is 54.1 Å². The molecule has 4 rings (SSSR count). The highest BCUT2D eigenvalue weighted by Gasteiger charge is 2.19. The van der Waals surface area contributed by atoms with Crippen molar-refractivity contribution in [2.24, 2.45) is 7.05 Å². The fourth-order valence-electron chi connectivity index (χ4n) is 4.10. The Morgan fingerprint density at radius 2 is 1.95 bits per heavy atom. The predicted molar refractivity (Wildman–Crippen MR) is 158 cm³/mol. The number of aryl methyl sites for hydroxylation is 1. The molecule has 2 amide bonds. The van der Waals surface area contributed by atoms with E-state index >= 15 is 0 Å². The van der Waals surface area contributed by atoms with Crippen molar-refractivity contribution in [1.82, 2.24) is 24.6 Å². The second-order valence-electron chi connectivity index (χ2n) is 9.16. The van der Waals surface area contributed by atoms with Gasteiger partial charge in [-0.15, -0.1) is 0 Å². The molecule has 0 aliphatic heterocycles. The largest absolute Gasteiger partial charge is 0.322 e. The van der Waals surface area contributed by atoms with Crippen molar-refractivity contribution in [2.45, 2.75) is 19.9 Å². The molecule has 0 saturated carbocycles. The zero-order valence-electron chi connectivity index (χ0n) is 22.6. The zero-order chi connectivity index (χ0) is 28.5. The first-order valence-corrected chi connectivity index (χ1v) is 13.1. The molecule has 10 nitrogen and oxygen atoms in total. The molecule has 0 atom stereocenters. The number of benzene rings is 2. The maximum Gasteiger partial charge on any atom is 0.248 e. The van der Waals surface area contributed by atoms with Gasteiger partial charge in [-0.05, 0) is 50.2 Å². The lowest BCUT2D eigenvalue weighted by Crippen LogP contribution is -2.23. The van der Waals surface area contributed by atoms with Gasteiger partial charge in [-0.25, -0.2) is 4.98 Å². The SMILES string of the molecule is C/C=C/C(=O)Nc1cccc(N(C=O)c2nc(Nc3cn(C)nc3Cl)ncc2CCN(C)Cc2ccccc2)c1. The zero-order valence-corrected chi connectivity index (χ0v) is 23.3. The number of aromatic nitrogens is 4. The monoisotopic (exact) mass is 558 g/mol. The van der Waals surface area contributed by atoms with E-state index in [1.54, 1.807) is 61.4 Å². The maximum absolute atomic E-state index is 12.5. The van der Waals surface area contributed by atoms with Crippen LogP contribution >= 0.6 is 11.6 Å². The summed E-state index contributed by atoms with van der Waals surface area (Å²) in [4.78, 5) is 37.4. The maximum atomic E-state index is 12.5. The molecule has 0 aliphatic carbocycles. The fourth-order valence-corrected chi connectivity index (χ4v) is 4.31. The standard InChI is InChI=1S/C29H31ClN8O2/c1-4-9-26(40)32-23-12-8-13-24(16-23)38(20-39)28-22(14-15-36(2)18-21-10-6-5-7-11-21)17-31-29(34-28)33-25-19-37(3)35-27(25)30/h4-13,16-17,19-20H,14-15,18H2,1-3H3,(H,32,40)(H,31,33,34)/b9-4+. The van der Waals surface area contributed by atoms with Gasteiger partial charge in [0.25, 0.3) is 0 Å². The predicted octanol–water partition coefficient (Wildman–Crippen LogP) is 5.09. The minimum atomic E-state index is -0.263. The first-order chi connectivity index (χ1) is 19.4. The molecule has 0 spiro atoms. The van der Waals surface area contributed by atoms with Crippen molar-refractivity contribution in [3.8, 4) is 0 Å². The summed E-state index contributed by atoms with van der Waals surface area (Å²) < 4.78 is 1.58. The minimum absolute atomic E-state index is 0.260. The molecule has 0 bridgehead atoms. The van der Waals surface area contributed by atoms with Gasteiger partial charge in [0, 0.05) is 43.8 Å². The normalized spacial score (nSPS) is 11.1. The van der Waals surface area contributed by atoms with Crippen LogP contribution in [0.3, 0.4) is 0 Å². The van der Waals surface area contributed by atoms with Gasteiger partial charge in [0.15, 0.2) is 5.15 Å². The Hall–Kier alpha value is -4.54. The summed E-state index contributed by atoms with van der Waals surface area (Å²) in [5.74, 6) is 0.412. The molecule has 0 aliphatic rings. The number of hydrogen-bond donors (Lipinski definition) is 2. The Labute approximate surface area is 238 Å². The summed E-state index contributed by atoms with van der Waals surface area (Å²) in [6, 6.07) is 17.2. The van der Waals surface area contributed by atoms with Gasteiger partial charge in [0.1, 0.15) is 5.82 Å². The van der Waals surface area contributed by atoms with Crippen LogP contribution in [0.1, 0.15) is 18.1 Å². The second kappa shape index (κ2) is 13.5. The molecule has 11 heteroatoms. The highest BCUT2D eigenvalue weighted by atomic mass is 35.5. The van der Waals surface area contributed by atoms with Gasteiger partial charge in [0.05, 0.1) is 11.4 Å². The molecule has 40 heavy (non-hydrogen) atoms. The summed E-state index contributed by atoms with van der Waals surface area (Å²) in [5, 5.41) is 10.3. The van der Waals surface area contributed by atoms with E-state index in [-0.39, 0.29) is 17.0 Å². The van der Waals surface area contributed by atoms with E-state index in [2.05, 4.69) is 37.7 Å². The van der Waals surface area contributed by atoms with E-state index in [1.165, 1.54) is 16.5 Å². The number of likely N-dealkylation sites (N-methyl/N-ethyl adjacent to an activating group) is 1. The lowest BCUT2D eigenvalue weighted by molar-refractivity contribution is -0.112. The van der Waals surface area contributed by atoms with Crippen LogP contribution in [0.5, 0.6) is 0 Å². The molecule has 0 saturated heterocycles. The van der Waals surface area contributed by atoms with Crippen LogP contribution in [0.15, 0.2) is 79.1 Å². The van der Waals surface area contributed by atoms with Crippen LogP contribution in [0.4, 0.5) is 28.8 Å². The van der Waals surface area contributed by atoms with Crippen molar-refractivity contribution >= 4 is 52.7 Å². The number of allylic oxidation sites excluding steroid dienone is 1. The Balaban J connectivity index is 1.64. The number of halogens is 1. The third-order valence-corrected chi connectivity index (χ3v) is 6.25. The van der Waals surface area contributed by atoms with Crippen molar-refractivity contribution in [3.05, 3.63) is 95.4 Å². The topological polar surface area (TPSA) is 108 Å². The second-order valence-corrected chi connectivity index (χ2v) is 9.52. The lowest BCUT2D eigenvalue weighted by Gasteiger charge is -2.22.